The Hall–Kier alpha value is -3.92. The number of methoxy groups -OCH3 is 1. The Morgan fingerprint density at radius 2 is 2.00 bits per heavy atom. The molecule has 0 saturated heterocycles. The molecule has 0 bridgehead atoms. The van der Waals surface area contributed by atoms with Crippen LogP contribution in [-0.4, -0.2) is 34.3 Å². The molecule has 0 spiro atoms. The van der Waals surface area contributed by atoms with Crippen molar-refractivity contribution in [2.75, 3.05) is 12.9 Å². The first-order chi connectivity index (χ1) is 16.5. The van der Waals surface area contributed by atoms with Crippen molar-refractivity contribution in [2.24, 2.45) is 0 Å². The fraction of sp³-hybridized carbons (Fsp3) is 0.167. The number of amides is 1. The molecule has 0 saturated carbocycles. The number of carbonyl (C=O) groups excluding carboxylic acids is 2. The fourth-order valence-electron chi connectivity index (χ4n) is 3.27. The second kappa shape index (κ2) is 10.3. The Labute approximate surface area is 197 Å². The molecular formula is C24H20FN3O5S. The molecule has 0 unspecified atom stereocenters. The Kier molecular flexibility index (Phi) is 7.07. The molecule has 10 heteroatoms. The number of hydrogen-bond donors (Lipinski definition) is 1. The second-order valence-electron chi connectivity index (χ2n) is 7.25. The Morgan fingerprint density at radius 1 is 1.18 bits per heavy atom. The van der Waals surface area contributed by atoms with Crippen molar-refractivity contribution in [3.05, 3.63) is 93.9 Å². The maximum absolute atomic E-state index is 13.8. The van der Waals surface area contributed by atoms with E-state index in [1.807, 2.05) is 0 Å². The number of esters is 1. The van der Waals surface area contributed by atoms with Gasteiger partial charge in [0.15, 0.2) is 5.16 Å². The van der Waals surface area contributed by atoms with Crippen LogP contribution in [0.1, 0.15) is 21.7 Å². The fourth-order valence-corrected chi connectivity index (χ4v) is 4.10. The number of nitrogens with zero attached hydrogens (tertiary/aromatic N) is 2. The minimum Gasteiger partial charge on any atom is -0.467 e. The molecule has 34 heavy (non-hydrogen) atoms. The summed E-state index contributed by atoms with van der Waals surface area (Å²) >= 11 is 1.05. The number of fused-ring (bicyclic) bond motifs is 1. The third-order valence-corrected chi connectivity index (χ3v) is 5.98. The normalized spacial score (nSPS) is 10.9. The molecule has 8 nitrogen and oxygen atoms in total. The van der Waals surface area contributed by atoms with E-state index in [0.29, 0.717) is 22.2 Å². The summed E-state index contributed by atoms with van der Waals surface area (Å²) in [5, 5.41) is 3.25. The highest BCUT2D eigenvalue weighted by Gasteiger charge is 2.17. The van der Waals surface area contributed by atoms with Gasteiger partial charge in [0.25, 0.3) is 5.56 Å². The van der Waals surface area contributed by atoms with E-state index >= 15 is 0 Å². The SMILES string of the molecule is COC(=O)c1ccc2c(=O)n(Cc3ccco3)c(SCC(=O)NCc3ccccc3F)nc2c1. The molecule has 0 aliphatic heterocycles. The Balaban J connectivity index is 1.60. The molecule has 0 aliphatic rings. The molecule has 1 amide bonds. The zero-order valence-electron chi connectivity index (χ0n) is 18.1. The van der Waals surface area contributed by atoms with E-state index in [-0.39, 0.29) is 41.0 Å². The predicted octanol–water partition coefficient (Wildman–Crippen LogP) is 3.37. The number of hydrogen-bond acceptors (Lipinski definition) is 7. The minimum atomic E-state index is -0.551. The summed E-state index contributed by atoms with van der Waals surface area (Å²) < 4.78 is 25.3. The molecule has 0 aliphatic carbocycles. The quantitative estimate of drug-likeness (QED) is 0.234. The third kappa shape index (κ3) is 5.18. The summed E-state index contributed by atoms with van der Waals surface area (Å²) in [5.74, 6) is -0.817. The van der Waals surface area contributed by atoms with Gasteiger partial charge in [0, 0.05) is 12.1 Å². The smallest absolute Gasteiger partial charge is 0.337 e. The first-order valence-corrected chi connectivity index (χ1v) is 11.2. The lowest BCUT2D eigenvalue weighted by atomic mass is 10.1. The summed E-state index contributed by atoms with van der Waals surface area (Å²) in [5.41, 5.74) is 0.587. The molecule has 4 rings (SSSR count). The summed E-state index contributed by atoms with van der Waals surface area (Å²) in [6.07, 6.45) is 1.50. The van der Waals surface area contributed by atoms with Gasteiger partial charge in [-0.3, -0.25) is 14.2 Å². The van der Waals surface area contributed by atoms with E-state index in [4.69, 9.17) is 9.15 Å². The number of thioether (sulfide) groups is 1. The maximum Gasteiger partial charge on any atom is 0.337 e. The molecule has 4 aromatic rings. The topological polar surface area (TPSA) is 103 Å². The number of nitrogens with one attached hydrogen (secondary N) is 1. The molecule has 1 N–H and O–H groups in total. The van der Waals surface area contributed by atoms with Crippen LogP contribution in [0.2, 0.25) is 0 Å². The molecule has 2 aromatic heterocycles. The van der Waals surface area contributed by atoms with Gasteiger partial charge in [-0.15, -0.1) is 0 Å². The lowest BCUT2D eigenvalue weighted by molar-refractivity contribution is -0.118. The first-order valence-electron chi connectivity index (χ1n) is 10.2. The number of furan rings is 1. The van der Waals surface area contributed by atoms with Crippen LogP contribution in [-0.2, 0) is 22.6 Å². The van der Waals surface area contributed by atoms with Crippen LogP contribution in [0.4, 0.5) is 4.39 Å². The maximum atomic E-state index is 13.8. The van der Waals surface area contributed by atoms with Gasteiger partial charge in [-0.05, 0) is 36.4 Å². The Bertz CT molecular complexity index is 1400. The van der Waals surface area contributed by atoms with Gasteiger partial charge in [-0.2, -0.15) is 0 Å². The lowest BCUT2D eigenvalue weighted by Gasteiger charge is -2.13. The van der Waals surface area contributed by atoms with Gasteiger partial charge in [0.1, 0.15) is 11.6 Å². The molecule has 174 valence electrons. The highest BCUT2D eigenvalue weighted by Crippen LogP contribution is 2.20. The van der Waals surface area contributed by atoms with E-state index in [9.17, 15) is 18.8 Å². The number of ether oxygens (including phenoxy) is 1. The van der Waals surface area contributed by atoms with Crippen LogP contribution in [0.25, 0.3) is 10.9 Å². The van der Waals surface area contributed by atoms with E-state index in [1.165, 1.54) is 42.2 Å². The second-order valence-corrected chi connectivity index (χ2v) is 8.19. The molecule has 2 aromatic carbocycles. The van der Waals surface area contributed by atoms with Crippen molar-refractivity contribution < 1.29 is 23.1 Å². The highest BCUT2D eigenvalue weighted by molar-refractivity contribution is 7.99. The average Bonchev–Trinajstić information content (AvgIpc) is 3.36. The van der Waals surface area contributed by atoms with Gasteiger partial charge in [-0.1, -0.05) is 30.0 Å². The number of halogens is 1. The van der Waals surface area contributed by atoms with Crippen LogP contribution in [0, 0.1) is 5.82 Å². The molecule has 2 heterocycles. The summed E-state index contributed by atoms with van der Waals surface area (Å²) in [7, 11) is 1.27. The zero-order chi connectivity index (χ0) is 24.1. The average molecular weight is 482 g/mol. The van der Waals surface area contributed by atoms with E-state index < -0.39 is 11.8 Å². The van der Waals surface area contributed by atoms with E-state index in [1.54, 1.807) is 30.3 Å². The standard InChI is InChI=1S/C24H20FN3O5S/c1-32-23(31)15-8-9-18-20(11-15)27-24(28(22(18)30)13-17-6-4-10-33-17)34-14-21(29)26-12-16-5-2-3-7-19(16)25/h2-11H,12-14H2,1H3,(H,26,29). The molecule has 0 fully saturated rings. The first kappa shape index (κ1) is 23.2. The van der Waals surface area contributed by atoms with Crippen LogP contribution in [0.5, 0.6) is 0 Å². The number of rotatable bonds is 8. The van der Waals surface area contributed by atoms with Gasteiger partial charge < -0.3 is 14.5 Å². The minimum absolute atomic E-state index is 0.0406. The summed E-state index contributed by atoms with van der Waals surface area (Å²) in [4.78, 5) is 42.1. The predicted molar refractivity (Wildman–Crippen MR) is 124 cm³/mol. The van der Waals surface area contributed by atoms with Crippen LogP contribution in [0.15, 0.2) is 75.2 Å². The zero-order valence-corrected chi connectivity index (χ0v) is 18.9. The van der Waals surface area contributed by atoms with Gasteiger partial charge in [-0.25, -0.2) is 14.2 Å². The third-order valence-electron chi connectivity index (χ3n) is 5.00. The van der Waals surface area contributed by atoms with Crippen molar-refractivity contribution in [2.45, 2.75) is 18.2 Å². The summed E-state index contributed by atoms with van der Waals surface area (Å²) in [6, 6.07) is 14.1. The van der Waals surface area contributed by atoms with Crippen molar-refractivity contribution in [1.29, 1.82) is 0 Å². The van der Waals surface area contributed by atoms with Crippen LogP contribution in [0.3, 0.4) is 0 Å². The highest BCUT2D eigenvalue weighted by atomic mass is 32.2. The lowest BCUT2D eigenvalue weighted by Crippen LogP contribution is -2.27. The summed E-state index contributed by atoms with van der Waals surface area (Å²) in [6.45, 7) is 0.158. The number of benzene rings is 2. The van der Waals surface area contributed by atoms with Crippen molar-refractivity contribution in [3.8, 4) is 0 Å². The Morgan fingerprint density at radius 3 is 2.74 bits per heavy atom. The van der Waals surface area contributed by atoms with Crippen molar-refractivity contribution in [1.82, 2.24) is 14.9 Å². The van der Waals surface area contributed by atoms with Crippen LogP contribution < -0.4 is 10.9 Å². The van der Waals surface area contributed by atoms with E-state index in [0.717, 1.165) is 11.8 Å². The van der Waals surface area contributed by atoms with Crippen molar-refractivity contribution in [3.63, 3.8) is 0 Å². The van der Waals surface area contributed by atoms with Gasteiger partial charge in [0.05, 0.1) is 42.1 Å². The van der Waals surface area contributed by atoms with Crippen molar-refractivity contribution >= 4 is 34.5 Å². The number of aromatic nitrogens is 2. The largest absolute Gasteiger partial charge is 0.467 e. The van der Waals surface area contributed by atoms with Crippen LogP contribution >= 0.6 is 11.8 Å². The van der Waals surface area contributed by atoms with Gasteiger partial charge >= 0.3 is 5.97 Å². The number of carbonyl (C=O) groups is 2. The molecular weight excluding hydrogens is 461 g/mol. The molecule has 0 atom stereocenters. The monoisotopic (exact) mass is 481 g/mol. The molecule has 0 radical (unpaired) electrons. The van der Waals surface area contributed by atoms with Gasteiger partial charge in [0.2, 0.25) is 5.91 Å². The van der Waals surface area contributed by atoms with E-state index in [2.05, 4.69) is 10.3 Å².